The van der Waals surface area contributed by atoms with E-state index in [4.69, 9.17) is 4.74 Å². The molecular formula is C53H60N2OSi. The standard InChI is InChI=1S/C53H60N2OSi/c1-53(2,3)56-35-21-5-6-22-36-57(4,51-41-29-15-13-27-39(41)49-47(51)43-31-17-19-33-45(43)54(49)37-23-9-7-10-24-37)52-42-30-16-14-28-40(42)50-48(52)44-32-18-20-34-46(44)55(50)38-25-11-8-12-26-38/h7-20,23-34,39-42,47-52H,5-6,21-22,35-36H2,1-4H3. The molecule has 0 saturated heterocycles. The second-order valence-corrected chi connectivity index (χ2v) is 23.9. The molecule has 2 aliphatic heterocycles. The number of rotatable bonds is 11. The van der Waals surface area contributed by atoms with Crippen molar-refractivity contribution in [3.8, 4) is 0 Å². The topological polar surface area (TPSA) is 15.7 Å². The van der Waals surface area contributed by atoms with Crippen molar-refractivity contribution in [1.82, 2.24) is 0 Å². The maximum absolute atomic E-state index is 6.18. The van der Waals surface area contributed by atoms with Crippen LogP contribution in [0, 0.1) is 23.7 Å². The summed E-state index contributed by atoms with van der Waals surface area (Å²) in [6.45, 7) is 10.3. The highest BCUT2D eigenvalue weighted by atomic mass is 28.3. The number of unbranched alkanes of at least 4 members (excludes halogenated alkanes) is 3. The highest BCUT2D eigenvalue weighted by molar-refractivity contribution is 6.82. The molecule has 0 aromatic heterocycles. The quantitative estimate of drug-likeness (QED) is 0.112. The zero-order chi connectivity index (χ0) is 38.7. The summed E-state index contributed by atoms with van der Waals surface area (Å²) < 4.78 is 6.18. The SMILES string of the molecule is CC(C)(C)OCCCCCC[Si](C)(C1C2C=CC=CC2C2C1c1ccccc1N2c1ccccc1)C1C2C=CC=CC2C2C1c1ccccc1N2c1ccccc1. The Labute approximate surface area is 342 Å². The van der Waals surface area contributed by atoms with Crippen LogP contribution in [0.5, 0.6) is 0 Å². The van der Waals surface area contributed by atoms with Gasteiger partial charge in [0.05, 0.1) is 13.7 Å². The van der Waals surface area contributed by atoms with Gasteiger partial charge >= 0.3 is 0 Å². The molecule has 10 atom stereocenters. The first-order valence-corrected chi connectivity index (χ1v) is 24.9. The zero-order valence-electron chi connectivity index (χ0n) is 34.3. The number of anilines is 4. The minimum absolute atomic E-state index is 0.0725. The summed E-state index contributed by atoms with van der Waals surface area (Å²) in [7, 11) is -2.22. The second kappa shape index (κ2) is 14.8. The van der Waals surface area contributed by atoms with Crippen LogP contribution in [0.2, 0.25) is 23.7 Å². The minimum atomic E-state index is -2.22. The van der Waals surface area contributed by atoms with Gasteiger partial charge in [-0.15, -0.1) is 0 Å². The largest absolute Gasteiger partial charge is 0.376 e. The molecule has 4 aromatic rings. The summed E-state index contributed by atoms with van der Waals surface area (Å²) in [4.78, 5) is 5.55. The van der Waals surface area contributed by atoms with Crippen LogP contribution in [0.25, 0.3) is 0 Å². The molecule has 0 radical (unpaired) electrons. The zero-order valence-corrected chi connectivity index (χ0v) is 35.3. The third-order valence-electron chi connectivity index (χ3n) is 15.0. The number of para-hydroxylation sites is 4. The number of hydrogen-bond donors (Lipinski definition) is 0. The number of ether oxygens (including phenoxy) is 1. The number of fused-ring (bicyclic) bond motifs is 10. The van der Waals surface area contributed by atoms with E-state index in [1.54, 1.807) is 11.1 Å². The van der Waals surface area contributed by atoms with E-state index in [1.807, 2.05) is 0 Å². The normalized spacial score (nSPS) is 31.1. The molecule has 2 saturated carbocycles. The van der Waals surface area contributed by atoms with E-state index < -0.39 is 8.07 Å². The van der Waals surface area contributed by atoms with Crippen molar-refractivity contribution in [2.24, 2.45) is 23.7 Å². The first-order valence-electron chi connectivity index (χ1n) is 22.1. The van der Waals surface area contributed by atoms with Crippen LogP contribution >= 0.6 is 0 Å². The molecule has 0 amide bonds. The molecular weight excluding hydrogens is 709 g/mol. The monoisotopic (exact) mass is 768 g/mol. The fraction of sp³-hybridized carbons (Fsp3) is 0.396. The lowest BCUT2D eigenvalue weighted by atomic mass is 9.88. The van der Waals surface area contributed by atoms with Crippen molar-refractivity contribution in [3.05, 3.63) is 169 Å². The van der Waals surface area contributed by atoms with Gasteiger partial charge in [-0.25, -0.2) is 0 Å². The Morgan fingerprint density at radius 2 is 0.930 bits per heavy atom. The second-order valence-electron chi connectivity index (χ2n) is 19.1. The van der Waals surface area contributed by atoms with Gasteiger partial charge in [-0.2, -0.15) is 0 Å². The van der Waals surface area contributed by atoms with E-state index in [0.29, 0.717) is 58.7 Å². The maximum atomic E-state index is 6.18. The molecule has 0 N–H and O–H groups in total. The summed E-state index contributed by atoms with van der Waals surface area (Å²) >= 11 is 0. The van der Waals surface area contributed by atoms with Crippen LogP contribution in [0.15, 0.2) is 158 Å². The van der Waals surface area contributed by atoms with Crippen LogP contribution in [0.4, 0.5) is 22.7 Å². The first kappa shape index (κ1) is 36.9. The van der Waals surface area contributed by atoms with Crippen molar-refractivity contribution in [2.45, 2.75) is 99.6 Å². The molecule has 4 aromatic carbocycles. The van der Waals surface area contributed by atoms with Gasteiger partial charge in [-0.3, -0.25) is 0 Å². The third-order valence-corrected chi connectivity index (χ3v) is 21.0. The molecule has 292 valence electrons. The predicted molar refractivity (Wildman–Crippen MR) is 242 cm³/mol. The van der Waals surface area contributed by atoms with Gasteiger partial charge in [0.2, 0.25) is 0 Å². The number of hydrogen-bond acceptors (Lipinski definition) is 3. The average Bonchev–Trinajstić information content (AvgIpc) is 3.96. The summed E-state index contributed by atoms with van der Waals surface area (Å²) in [6.07, 6.45) is 25.1. The highest BCUT2D eigenvalue weighted by Gasteiger charge is 2.68. The smallest absolute Gasteiger partial charge is 0.0598 e. The molecule has 4 aliphatic carbocycles. The Morgan fingerprint density at radius 1 is 0.509 bits per heavy atom. The van der Waals surface area contributed by atoms with E-state index in [9.17, 15) is 0 Å². The predicted octanol–water partition coefficient (Wildman–Crippen LogP) is 13.5. The minimum Gasteiger partial charge on any atom is -0.376 e. The Morgan fingerprint density at radius 3 is 1.40 bits per heavy atom. The number of nitrogens with zero attached hydrogens (tertiary/aromatic N) is 2. The Hall–Kier alpha value is -4.38. The van der Waals surface area contributed by atoms with E-state index >= 15 is 0 Å². The van der Waals surface area contributed by atoms with Gasteiger partial charge < -0.3 is 14.5 Å². The number of benzene rings is 4. The Bertz CT molecular complexity index is 2040. The summed E-state index contributed by atoms with van der Waals surface area (Å²) in [5, 5.41) is 0. The molecule has 6 aliphatic rings. The summed E-state index contributed by atoms with van der Waals surface area (Å²) in [5.74, 6) is 3.00. The maximum Gasteiger partial charge on any atom is 0.0598 e. The molecule has 0 bridgehead atoms. The van der Waals surface area contributed by atoms with Gasteiger partial charge in [0.1, 0.15) is 0 Å². The molecule has 0 spiro atoms. The fourth-order valence-electron chi connectivity index (χ4n) is 13.2. The Balaban J connectivity index is 1.11. The van der Waals surface area contributed by atoms with Crippen LogP contribution in [0.1, 0.15) is 69.4 Å². The lowest BCUT2D eigenvalue weighted by Crippen LogP contribution is -2.48. The van der Waals surface area contributed by atoms with Crippen LogP contribution in [0.3, 0.4) is 0 Å². The van der Waals surface area contributed by atoms with E-state index in [2.05, 4.69) is 195 Å². The van der Waals surface area contributed by atoms with Gasteiger partial charge in [-0.05, 0) is 97.6 Å². The molecule has 10 unspecified atom stereocenters. The van der Waals surface area contributed by atoms with E-state index in [-0.39, 0.29) is 5.60 Å². The first-order chi connectivity index (χ1) is 27.9. The van der Waals surface area contributed by atoms with Crippen LogP contribution in [-0.4, -0.2) is 32.4 Å². The van der Waals surface area contributed by atoms with Crippen molar-refractivity contribution in [1.29, 1.82) is 0 Å². The van der Waals surface area contributed by atoms with Crippen LogP contribution in [-0.2, 0) is 4.74 Å². The van der Waals surface area contributed by atoms with Gasteiger partial charge in [0.25, 0.3) is 0 Å². The van der Waals surface area contributed by atoms with E-state index in [0.717, 1.165) is 13.0 Å². The van der Waals surface area contributed by atoms with Gasteiger partial charge in [0.15, 0.2) is 0 Å². The molecule has 10 rings (SSSR count). The van der Waals surface area contributed by atoms with Crippen molar-refractivity contribution in [3.63, 3.8) is 0 Å². The van der Waals surface area contributed by atoms with E-state index in [1.165, 1.54) is 48.1 Å². The van der Waals surface area contributed by atoms with Crippen molar-refractivity contribution in [2.75, 3.05) is 16.4 Å². The third kappa shape index (κ3) is 6.16. The number of allylic oxidation sites excluding steroid dienone is 6. The summed E-state index contributed by atoms with van der Waals surface area (Å²) in [6, 6.07) is 44.0. The lowest BCUT2D eigenvalue weighted by Gasteiger charge is -2.48. The van der Waals surface area contributed by atoms with Crippen molar-refractivity contribution >= 4 is 30.8 Å². The van der Waals surface area contributed by atoms with Gasteiger partial charge in [0, 0.05) is 65.1 Å². The lowest BCUT2D eigenvalue weighted by molar-refractivity contribution is -0.00471. The summed E-state index contributed by atoms with van der Waals surface area (Å²) in [5.41, 5.74) is 9.90. The Kier molecular flexibility index (Phi) is 9.57. The fourth-order valence-corrected chi connectivity index (χ4v) is 20.1. The average molecular weight is 769 g/mol. The molecule has 4 heteroatoms. The molecule has 2 heterocycles. The van der Waals surface area contributed by atoms with Crippen molar-refractivity contribution < 1.29 is 4.74 Å². The van der Waals surface area contributed by atoms with Crippen LogP contribution < -0.4 is 9.80 Å². The molecule has 3 nitrogen and oxygen atoms in total. The molecule has 57 heavy (non-hydrogen) atoms. The highest BCUT2D eigenvalue weighted by Crippen LogP contribution is 2.73. The molecule has 2 fully saturated rings. The van der Waals surface area contributed by atoms with Gasteiger partial charge in [-0.1, -0.05) is 153 Å².